The molecule has 2 aromatic heterocycles. The molecule has 0 aliphatic carbocycles. The molecule has 0 saturated heterocycles. The van der Waals surface area contributed by atoms with E-state index in [0.29, 0.717) is 24.3 Å². The van der Waals surface area contributed by atoms with Crippen molar-refractivity contribution in [3.05, 3.63) is 107 Å². The average Bonchev–Trinajstić information content (AvgIpc) is 3.36. The Labute approximate surface area is 210 Å². The van der Waals surface area contributed by atoms with Gasteiger partial charge >= 0.3 is 0 Å². The Morgan fingerprint density at radius 3 is 2.28 bits per heavy atom. The maximum atomic E-state index is 13.2. The molecule has 0 unspecified atom stereocenters. The van der Waals surface area contributed by atoms with Crippen LogP contribution in [0.15, 0.2) is 73.2 Å². The predicted octanol–water partition coefficient (Wildman–Crippen LogP) is 4.07. The smallest absolute Gasteiger partial charge is 0.276 e. The van der Waals surface area contributed by atoms with Crippen molar-refractivity contribution in [3.8, 4) is 0 Å². The van der Waals surface area contributed by atoms with Crippen LogP contribution in [0, 0.1) is 5.82 Å². The average molecular weight is 507 g/mol. The summed E-state index contributed by atoms with van der Waals surface area (Å²) in [7, 11) is 0. The largest absolute Gasteiger partial charge is 0.350 e. The summed E-state index contributed by atoms with van der Waals surface area (Å²) in [6.07, 6.45) is 3.48. The number of H-pyrrole nitrogens is 1. The normalized spacial score (nSPS) is 10.5. The van der Waals surface area contributed by atoms with Gasteiger partial charge in [-0.2, -0.15) is 0 Å². The van der Waals surface area contributed by atoms with E-state index in [9.17, 15) is 18.8 Å². The molecule has 0 fully saturated rings. The molecule has 0 bridgehead atoms. The lowest BCUT2D eigenvalue weighted by Crippen LogP contribution is -2.28. The van der Waals surface area contributed by atoms with Gasteiger partial charge in [-0.3, -0.25) is 19.4 Å². The van der Waals surface area contributed by atoms with Crippen LogP contribution in [-0.4, -0.2) is 39.2 Å². The fraction of sp³-hybridized carbons (Fsp3) is 0.0800. The van der Waals surface area contributed by atoms with Crippen LogP contribution >= 0.6 is 11.6 Å². The highest BCUT2D eigenvalue weighted by Crippen LogP contribution is 2.20. The van der Waals surface area contributed by atoms with Crippen molar-refractivity contribution in [2.45, 2.75) is 6.42 Å². The lowest BCUT2D eigenvalue weighted by atomic mass is 10.2. The molecule has 3 amide bonds. The van der Waals surface area contributed by atoms with Crippen molar-refractivity contribution < 1.29 is 18.8 Å². The van der Waals surface area contributed by atoms with Gasteiger partial charge in [0, 0.05) is 36.2 Å². The van der Waals surface area contributed by atoms with E-state index in [-0.39, 0.29) is 22.0 Å². The predicted molar refractivity (Wildman–Crippen MR) is 133 cm³/mol. The number of carbonyl (C=O) groups excluding carboxylic acids is 3. The Morgan fingerprint density at radius 2 is 1.61 bits per heavy atom. The number of imidazole rings is 1. The van der Waals surface area contributed by atoms with Crippen LogP contribution in [0.25, 0.3) is 0 Å². The second kappa shape index (κ2) is 11.2. The maximum absolute atomic E-state index is 13.2. The topological polar surface area (TPSA) is 129 Å². The summed E-state index contributed by atoms with van der Waals surface area (Å²) >= 11 is 5.92. The van der Waals surface area contributed by atoms with Crippen LogP contribution in [0.1, 0.15) is 37.0 Å². The van der Waals surface area contributed by atoms with Crippen molar-refractivity contribution in [1.29, 1.82) is 0 Å². The molecule has 182 valence electrons. The summed E-state index contributed by atoms with van der Waals surface area (Å²) in [5.74, 6) is -2.10. The molecule has 0 atom stereocenters. The highest BCUT2D eigenvalue weighted by Gasteiger charge is 2.20. The highest BCUT2D eigenvalue weighted by atomic mass is 35.5. The Morgan fingerprint density at radius 1 is 0.889 bits per heavy atom. The van der Waals surface area contributed by atoms with E-state index in [0.717, 1.165) is 17.8 Å². The lowest BCUT2D eigenvalue weighted by Gasteiger charge is -2.09. The zero-order valence-corrected chi connectivity index (χ0v) is 19.5. The number of aromatic nitrogens is 3. The van der Waals surface area contributed by atoms with Crippen molar-refractivity contribution in [1.82, 2.24) is 20.3 Å². The molecule has 0 spiro atoms. The Hall–Kier alpha value is -4.57. The van der Waals surface area contributed by atoms with Gasteiger partial charge in [-0.05, 0) is 54.6 Å². The molecule has 4 N–H and O–H groups in total. The molecule has 0 radical (unpaired) electrons. The molecule has 4 aromatic rings. The van der Waals surface area contributed by atoms with Crippen LogP contribution in [0.3, 0.4) is 0 Å². The minimum Gasteiger partial charge on any atom is -0.350 e. The molecule has 0 aliphatic heterocycles. The first-order valence-corrected chi connectivity index (χ1v) is 11.2. The number of rotatable bonds is 8. The van der Waals surface area contributed by atoms with Gasteiger partial charge in [-0.25, -0.2) is 9.37 Å². The second-order valence-corrected chi connectivity index (χ2v) is 7.97. The Kier molecular flexibility index (Phi) is 7.66. The van der Waals surface area contributed by atoms with E-state index in [1.165, 1.54) is 12.4 Å². The fourth-order valence-electron chi connectivity index (χ4n) is 3.28. The van der Waals surface area contributed by atoms with Crippen molar-refractivity contribution >= 4 is 40.7 Å². The minimum absolute atomic E-state index is 0.00744. The first-order valence-electron chi connectivity index (χ1n) is 10.8. The maximum Gasteiger partial charge on any atom is 0.276 e. The highest BCUT2D eigenvalue weighted by molar-refractivity contribution is 6.34. The zero-order chi connectivity index (χ0) is 25.5. The number of hydrogen-bond donors (Lipinski definition) is 4. The van der Waals surface area contributed by atoms with Crippen LogP contribution in [0.5, 0.6) is 0 Å². The number of halogens is 2. The van der Waals surface area contributed by atoms with E-state index in [2.05, 4.69) is 30.9 Å². The zero-order valence-electron chi connectivity index (χ0n) is 18.7. The number of nitrogens with zero attached hydrogens (tertiary/aromatic N) is 2. The third-order valence-corrected chi connectivity index (χ3v) is 5.36. The first-order chi connectivity index (χ1) is 17.4. The Balaban J connectivity index is 1.34. The molecular formula is C25H20ClFN6O3. The van der Waals surface area contributed by atoms with Gasteiger partial charge in [0.1, 0.15) is 11.5 Å². The third-order valence-electron chi connectivity index (χ3n) is 5.05. The first kappa shape index (κ1) is 24.6. The van der Waals surface area contributed by atoms with Gasteiger partial charge in [0.25, 0.3) is 17.7 Å². The van der Waals surface area contributed by atoms with Gasteiger partial charge in [-0.1, -0.05) is 17.7 Å². The molecule has 9 nitrogen and oxygen atoms in total. The SMILES string of the molecule is O=C(Nc1ccc(NC(=O)c2nc[nH]c2C(=O)NCCc2ccccn2)cc1)c1ccc(F)cc1Cl. The quantitative estimate of drug-likeness (QED) is 0.286. The summed E-state index contributed by atoms with van der Waals surface area (Å²) in [6, 6.07) is 15.3. The van der Waals surface area contributed by atoms with E-state index in [1.54, 1.807) is 30.5 Å². The number of pyridine rings is 1. The molecule has 0 aliphatic rings. The van der Waals surface area contributed by atoms with Gasteiger partial charge in [0.05, 0.1) is 16.9 Å². The van der Waals surface area contributed by atoms with E-state index in [1.807, 2.05) is 18.2 Å². The van der Waals surface area contributed by atoms with Gasteiger partial charge in [0.2, 0.25) is 0 Å². The molecule has 4 rings (SSSR count). The lowest BCUT2D eigenvalue weighted by molar-refractivity contribution is 0.0935. The third kappa shape index (κ3) is 6.10. The second-order valence-electron chi connectivity index (χ2n) is 7.56. The summed E-state index contributed by atoms with van der Waals surface area (Å²) in [5, 5.41) is 8.04. The van der Waals surface area contributed by atoms with Crippen LogP contribution in [0.2, 0.25) is 5.02 Å². The molecule has 2 heterocycles. The molecule has 2 aromatic carbocycles. The van der Waals surface area contributed by atoms with Crippen molar-refractivity contribution in [2.75, 3.05) is 17.2 Å². The van der Waals surface area contributed by atoms with E-state index in [4.69, 9.17) is 11.6 Å². The van der Waals surface area contributed by atoms with Crippen LogP contribution < -0.4 is 16.0 Å². The number of nitrogens with one attached hydrogen (secondary N) is 4. The van der Waals surface area contributed by atoms with Gasteiger partial charge in [0.15, 0.2) is 5.69 Å². The summed E-state index contributed by atoms with van der Waals surface area (Å²) < 4.78 is 13.2. The number of carbonyl (C=O) groups is 3. The summed E-state index contributed by atoms with van der Waals surface area (Å²) in [5.41, 5.74) is 1.79. The van der Waals surface area contributed by atoms with Crippen LogP contribution in [-0.2, 0) is 6.42 Å². The minimum atomic E-state index is -0.582. The van der Waals surface area contributed by atoms with Gasteiger partial charge < -0.3 is 20.9 Å². The summed E-state index contributed by atoms with van der Waals surface area (Å²) in [4.78, 5) is 48.5. The van der Waals surface area contributed by atoms with Gasteiger partial charge in [-0.15, -0.1) is 0 Å². The summed E-state index contributed by atoms with van der Waals surface area (Å²) in [6.45, 7) is 0.340. The Bertz CT molecular complexity index is 1390. The van der Waals surface area contributed by atoms with E-state index >= 15 is 0 Å². The number of amides is 3. The van der Waals surface area contributed by atoms with E-state index < -0.39 is 23.5 Å². The molecule has 11 heteroatoms. The van der Waals surface area contributed by atoms with Crippen molar-refractivity contribution in [3.63, 3.8) is 0 Å². The molecule has 36 heavy (non-hydrogen) atoms. The molecule has 0 saturated carbocycles. The monoisotopic (exact) mass is 506 g/mol. The number of anilines is 2. The van der Waals surface area contributed by atoms with Crippen molar-refractivity contribution in [2.24, 2.45) is 0 Å². The number of benzene rings is 2. The molecular weight excluding hydrogens is 487 g/mol. The van der Waals surface area contributed by atoms with Crippen LogP contribution in [0.4, 0.5) is 15.8 Å². The standard InChI is InChI=1S/C25H20ClFN6O3/c26-20-13-15(27)4-9-19(20)23(34)32-17-5-7-18(8-6-17)33-25(36)22-21(30-14-31-22)24(35)29-12-10-16-3-1-2-11-28-16/h1-9,11,13-14H,10,12H2,(H,29,35)(H,30,31)(H,32,34)(H,33,36). The fourth-order valence-corrected chi connectivity index (χ4v) is 3.53. The number of hydrogen-bond acceptors (Lipinski definition) is 5. The number of aromatic amines is 1.